The highest BCUT2D eigenvalue weighted by Gasteiger charge is 2.24. The Morgan fingerprint density at radius 2 is 2.11 bits per heavy atom. The van der Waals surface area contributed by atoms with Crippen molar-refractivity contribution < 1.29 is 9.84 Å². The highest BCUT2D eigenvalue weighted by atomic mass is 16.5. The third-order valence-electron chi connectivity index (χ3n) is 3.74. The molecule has 1 aliphatic heterocycles. The fourth-order valence-corrected chi connectivity index (χ4v) is 2.65. The van der Waals surface area contributed by atoms with E-state index in [1.807, 2.05) is 12.1 Å². The average molecular weight is 249 g/mol. The van der Waals surface area contributed by atoms with E-state index in [9.17, 15) is 5.11 Å². The molecule has 0 aromatic heterocycles. The van der Waals surface area contributed by atoms with Crippen LogP contribution in [-0.2, 0) is 4.74 Å². The maximum atomic E-state index is 9.33. The zero-order valence-electron chi connectivity index (χ0n) is 11.3. The molecule has 1 aromatic carbocycles. The van der Waals surface area contributed by atoms with Crippen LogP contribution in [0.5, 0.6) is 5.75 Å². The summed E-state index contributed by atoms with van der Waals surface area (Å²) in [6.07, 6.45) is 2.75. The second-order valence-corrected chi connectivity index (χ2v) is 4.98. The van der Waals surface area contributed by atoms with Crippen LogP contribution in [0.25, 0.3) is 0 Å². The van der Waals surface area contributed by atoms with E-state index in [0.717, 1.165) is 19.7 Å². The third kappa shape index (κ3) is 3.24. The maximum Gasteiger partial charge on any atom is 0.115 e. The number of likely N-dealkylation sites (tertiary alicyclic amines) is 1. The Morgan fingerprint density at radius 1 is 1.39 bits per heavy atom. The van der Waals surface area contributed by atoms with E-state index < -0.39 is 0 Å². The largest absolute Gasteiger partial charge is 0.508 e. The predicted molar refractivity (Wildman–Crippen MR) is 72.7 cm³/mol. The lowest BCUT2D eigenvalue weighted by molar-refractivity contribution is -0.00538. The summed E-state index contributed by atoms with van der Waals surface area (Å²) in [6.45, 7) is 7.22. The van der Waals surface area contributed by atoms with Crippen LogP contribution in [0.4, 0.5) is 0 Å². The number of ether oxygens (including phenoxy) is 1. The number of rotatable bonds is 4. The van der Waals surface area contributed by atoms with Crippen LogP contribution in [0.1, 0.15) is 38.3 Å². The molecule has 0 spiro atoms. The molecule has 1 aliphatic rings. The Morgan fingerprint density at radius 3 is 2.78 bits per heavy atom. The molecule has 3 heteroatoms. The highest BCUT2D eigenvalue weighted by Crippen LogP contribution is 2.26. The van der Waals surface area contributed by atoms with Crippen LogP contribution in [0.15, 0.2) is 24.3 Å². The minimum Gasteiger partial charge on any atom is -0.508 e. The van der Waals surface area contributed by atoms with E-state index in [-0.39, 0.29) is 0 Å². The summed E-state index contributed by atoms with van der Waals surface area (Å²) >= 11 is 0. The van der Waals surface area contributed by atoms with Gasteiger partial charge in [-0.2, -0.15) is 0 Å². The number of hydrogen-bond acceptors (Lipinski definition) is 3. The van der Waals surface area contributed by atoms with E-state index in [1.165, 1.54) is 18.4 Å². The Kier molecular flexibility index (Phi) is 4.61. The van der Waals surface area contributed by atoms with Gasteiger partial charge < -0.3 is 9.84 Å². The molecular weight excluding hydrogens is 226 g/mol. The average Bonchev–Trinajstić information content (AvgIpc) is 2.39. The monoisotopic (exact) mass is 249 g/mol. The van der Waals surface area contributed by atoms with E-state index >= 15 is 0 Å². The van der Waals surface area contributed by atoms with Crippen LogP contribution in [0, 0.1) is 0 Å². The van der Waals surface area contributed by atoms with Crippen molar-refractivity contribution in [2.24, 2.45) is 0 Å². The van der Waals surface area contributed by atoms with Gasteiger partial charge in [0.2, 0.25) is 0 Å². The number of phenolic OH excluding ortho intramolecular Hbond substituents is 1. The van der Waals surface area contributed by atoms with Crippen molar-refractivity contribution in [1.29, 1.82) is 0 Å². The van der Waals surface area contributed by atoms with Gasteiger partial charge in [0.15, 0.2) is 0 Å². The van der Waals surface area contributed by atoms with Crippen molar-refractivity contribution in [3.63, 3.8) is 0 Å². The van der Waals surface area contributed by atoms with Gasteiger partial charge >= 0.3 is 0 Å². The van der Waals surface area contributed by atoms with Gasteiger partial charge in [-0.3, -0.25) is 4.90 Å². The molecule has 100 valence electrons. The quantitative estimate of drug-likeness (QED) is 0.890. The van der Waals surface area contributed by atoms with Gasteiger partial charge in [-0.1, -0.05) is 12.1 Å². The normalized spacial score (nSPS) is 22.9. The fourth-order valence-electron chi connectivity index (χ4n) is 2.65. The number of benzene rings is 1. The second kappa shape index (κ2) is 6.21. The van der Waals surface area contributed by atoms with Crippen LogP contribution in [-0.4, -0.2) is 35.8 Å². The van der Waals surface area contributed by atoms with Crippen molar-refractivity contribution in [3.8, 4) is 5.75 Å². The molecule has 0 saturated carbocycles. The first-order valence-electron chi connectivity index (χ1n) is 6.85. The van der Waals surface area contributed by atoms with Crippen molar-refractivity contribution in [2.45, 2.75) is 38.8 Å². The molecule has 2 unspecified atom stereocenters. The maximum absolute atomic E-state index is 9.33. The Labute approximate surface area is 109 Å². The first-order chi connectivity index (χ1) is 8.70. The minimum atomic E-state index is 0.330. The molecule has 1 N–H and O–H groups in total. The fraction of sp³-hybridized carbons (Fsp3) is 0.600. The number of aromatic hydroxyl groups is 1. The number of hydrogen-bond donors (Lipinski definition) is 1. The van der Waals surface area contributed by atoms with Gasteiger partial charge in [0.05, 0.1) is 6.10 Å². The van der Waals surface area contributed by atoms with Gasteiger partial charge in [0.25, 0.3) is 0 Å². The van der Waals surface area contributed by atoms with Crippen molar-refractivity contribution in [2.75, 3.05) is 19.7 Å². The molecule has 1 fully saturated rings. The minimum absolute atomic E-state index is 0.330. The lowest BCUT2D eigenvalue weighted by Gasteiger charge is -2.36. The Hall–Kier alpha value is -1.06. The van der Waals surface area contributed by atoms with Crippen LogP contribution in [0.2, 0.25) is 0 Å². The number of phenols is 1. The lowest BCUT2D eigenvalue weighted by Crippen LogP contribution is -2.41. The number of piperidine rings is 1. The summed E-state index contributed by atoms with van der Waals surface area (Å²) in [4.78, 5) is 2.47. The summed E-state index contributed by atoms with van der Waals surface area (Å²) in [7, 11) is 0. The van der Waals surface area contributed by atoms with Crippen molar-refractivity contribution >= 4 is 0 Å². The second-order valence-electron chi connectivity index (χ2n) is 4.98. The van der Waals surface area contributed by atoms with Crippen molar-refractivity contribution in [1.82, 2.24) is 4.90 Å². The molecule has 3 nitrogen and oxygen atoms in total. The zero-order chi connectivity index (χ0) is 13.0. The topological polar surface area (TPSA) is 32.7 Å². The molecule has 0 aliphatic carbocycles. The molecule has 2 rings (SSSR count). The van der Waals surface area contributed by atoms with Gasteiger partial charge in [0.1, 0.15) is 5.75 Å². The summed E-state index contributed by atoms with van der Waals surface area (Å²) in [5, 5.41) is 9.33. The van der Waals surface area contributed by atoms with E-state index in [2.05, 4.69) is 18.7 Å². The summed E-state index contributed by atoms with van der Waals surface area (Å²) in [5.41, 5.74) is 1.25. The van der Waals surface area contributed by atoms with E-state index in [0.29, 0.717) is 17.9 Å². The molecule has 1 saturated heterocycles. The molecule has 2 atom stereocenters. The van der Waals surface area contributed by atoms with Gasteiger partial charge in [0, 0.05) is 19.2 Å². The van der Waals surface area contributed by atoms with Gasteiger partial charge in [-0.05, 0) is 50.9 Å². The molecule has 0 bridgehead atoms. The number of nitrogens with zero attached hydrogens (tertiary/aromatic N) is 1. The van der Waals surface area contributed by atoms with Gasteiger partial charge in [-0.25, -0.2) is 0 Å². The standard InChI is InChI=1S/C15H23NO2/c1-3-18-15-5-4-10-16(11-15)12(2)13-6-8-14(17)9-7-13/h6-9,12,15,17H,3-5,10-11H2,1-2H3. The summed E-state index contributed by atoms with van der Waals surface area (Å²) in [5.74, 6) is 0.330. The van der Waals surface area contributed by atoms with Gasteiger partial charge in [-0.15, -0.1) is 0 Å². The highest BCUT2D eigenvalue weighted by molar-refractivity contribution is 5.27. The molecular formula is C15H23NO2. The molecule has 0 amide bonds. The predicted octanol–water partition coefficient (Wildman–Crippen LogP) is 2.95. The van der Waals surface area contributed by atoms with Crippen LogP contribution in [0.3, 0.4) is 0 Å². The molecule has 1 aromatic rings. The molecule has 1 heterocycles. The first kappa shape index (κ1) is 13.4. The molecule has 0 radical (unpaired) electrons. The Bertz CT molecular complexity index is 361. The van der Waals surface area contributed by atoms with E-state index in [1.54, 1.807) is 12.1 Å². The third-order valence-corrected chi connectivity index (χ3v) is 3.74. The van der Waals surface area contributed by atoms with Crippen LogP contribution < -0.4 is 0 Å². The molecule has 18 heavy (non-hydrogen) atoms. The summed E-state index contributed by atoms with van der Waals surface area (Å²) in [6, 6.07) is 7.91. The van der Waals surface area contributed by atoms with Crippen LogP contribution >= 0.6 is 0 Å². The SMILES string of the molecule is CCOC1CCCN(C(C)c2ccc(O)cc2)C1. The first-order valence-corrected chi connectivity index (χ1v) is 6.85. The Balaban J connectivity index is 1.99. The lowest BCUT2D eigenvalue weighted by atomic mass is 10.0. The zero-order valence-corrected chi connectivity index (χ0v) is 11.3. The smallest absolute Gasteiger partial charge is 0.115 e. The summed E-state index contributed by atoms with van der Waals surface area (Å²) < 4.78 is 5.74. The van der Waals surface area contributed by atoms with E-state index in [4.69, 9.17) is 4.74 Å². The van der Waals surface area contributed by atoms with Crippen molar-refractivity contribution in [3.05, 3.63) is 29.8 Å².